The zero-order chi connectivity index (χ0) is 13.3. The predicted molar refractivity (Wildman–Crippen MR) is 69.0 cm³/mol. The summed E-state index contributed by atoms with van der Waals surface area (Å²) in [4.78, 5) is 28.0. The Hall–Kier alpha value is -1.10. The number of carbonyl (C=O) groups excluding carboxylic acids is 2. The van der Waals surface area contributed by atoms with Gasteiger partial charge >= 0.3 is 0 Å². The molecular formula is C13H23N3O2. The van der Waals surface area contributed by atoms with Crippen molar-refractivity contribution in [3.05, 3.63) is 0 Å². The van der Waals surface area contributed by atoms with Crippen LogP contribution in [-0.4, -0.2) is 60.9 Å². The molecule has 2 atom stereocenters. The fourth-order valence-electron chi connectivity index (χ4n) is 3.00. The number of likely N-dealkylation sites (tertiary alicyclic amines) is 1. The van der Waals surface area contributed by atoms with E-state index in [0.717, 1.165) is 26.1 Å². The SMILES string of the molecule is CC(C)C1C(=O)NCC(=O)N1CC1CCN(C)C1. The van der Waals surface area contributed by atoms with Crippen molar-refractivity contribution in [1.29, 1.82) is 0 Å². The van der Waals surface area contributed by atoms with Gasteiger partial charge in [0.25, 0.3) is 0 Å². The van der Waals surface area contributed by atoms with Crippen molar-refractivity contribution in [3.63, 3.8) is 0 Å². The van der Waals surface area contributed by atoms with E-state index < -0.39 is 0 Å². The van der Waals surface area contributed by atoms with E-state index in [9.17, 15) is 9.59 Å². The van der Waals surface area contributed by atoms with Crippen LogP contribution in [0.4, 0.5) is 0 Å². The van der Waals surface area contributed by atoms with Gasteiger partial charge in [-0.2, -0.15) is 0 Å². The number of hydrogen-bond acceptors (Lipinski definition) is 3. The molecule has 2 amide bonds. The molecule has 5 nitrogen and oxygen atoms in total. The minimum Gasteiger partial charge on any atom is -0.345 e. The molecule has 0 aromatic rings. The number of amides is 2. The molecule has 102 valence electrons. The van der Waals surface area contributed by atoms with E-state index in [1.165, 1.54) is 0 Å². The second-order valence-corrected chi connectivity index (χ2v) is 5.87. The Morgan fingerprint density at radius 2 is 2.11 bits per heavy atom. The van der Waals surface area contributed by atoms with Crippen LogP contribution in [-0.2, 0) is 9.59 Å². The largest absolute Gasteiger partial charge is 0.345 e. The summed E-state index contributed by atoms with van der Waals surface area (Å²) >= 11 is 0. The molecule has 2 unspecified atom stereocenters. The lowest BCUT2D eigenvalue weighted by atomic mass is 9.97. The standard InChI is InChI=1S/C13H23N3O2/c1-9(2)12-13(18)14-6-11(17)16(12)8-10-4-5-15(3)7-10/h9-10,12H,4-8H2,1-3H3,(H,14,18). The van der Waals surface area contributed by atoms with E-state index in [1.54, 1.807) is 4.90 Å². The maximum atomic E-state index is 12.0. The number of nitrogens with one attached hydrogen (secondary N) is 1. The molecule has 2 saturated heterocycles. The van der Waals surface area contributed by atoms with Gasteiger partial charge < -0.3 is 15.1 Å². The zero-order valence-corrected chi connectivity index (χ0v) is 11.5. The lowest BCUT2D eigenvalue weighted by Crippen LogP contribution is -2.61. The van der Waals surface area contributed by atoms with Gasteiger partial charge in [0.1, 0.15) is 6.04 Å². The van der Waals surface area contributed by atoms with Crippen molar-refractivity contribution in [2.75, 3.05) is 33.2 Å². The first-order chi connectivity index (χ1) is 8.49. The summed E-state index contributed by atoms with van der Waals surface area (Å²) in [7, 11) is 2.10. The van der Waals surface area contributed by atoms with Gasteiger partial charge in [0.05, 0.1) is 6.54 Å². The van der Waals surface area contributed by atoms with Gasteiger partial charge in [-0.15, -0.1) is 0 Å². The molecule has 2 aliphatic rings. The van der Waals surface area contributed by atoms with Crippen LogP contribution in [0.2, 0.25) is 0 Å². The Morgan fingerprint density at radius 3 is 2.67 bits per heavy atom. The maximum absolute atomic E-state index is 12.0. The topological polar surface area (TPSA) is 52.7 Å². The lowest BCUT2D eigenvalue weighted by Gasteiger charge is -2.38. The van der Waals surface area contributed by atoms with Crippen molar-refractivity contribution in [3.8, 4) is 0 Å². The molecule has 2 heterocycles. The predicted octanol–water partition coefficient (Wildman–Crippen LogP) is -0.0789. The molecule has 1 N–H and O–H groups in total. The molecule has 2 rings (SSSR count). The summed E-state index contributed by atoms with van der Waals surface area (Å²) in [5.41, 5.74) is 0. The summed E-state index contributed by atoms with van der Waals surface area (Å²) in [5.74, 6) is 0.721. The second kappa shape index (κ2) is 5.26. The fourth-order valence-corrected chi connectivity index (χ4v) is 3.00. The van der Waals surface area contributed by atoms with Crippen LogP contribution in [0.15, 0.2) is 0 Å². The summed E-state index contributed by atoms with van der Waals surface area (Å²) in [6, 6.07) is -0.294. The number of nitrogens with zero attached hydrogens (tertiary/aromatic N) is 2. The summed E-state index contributed by atoms with van der Waals surface area (Å²) in [6.07, 6.45) is 1.12. The third-order valence-corrected chi connectivity index (χ3v) is 3.91. The maximum Gasteiger partial charge on any atom is 0.243 e. The van der Waals surface area contributed by atoms with Gasteiger partial charge in [-0.1, -0.05) is 13.8 Å². The van der Waals surface area contributed by atoms with E-state index in [-0.39, 0.29) is 30.3 Å². The molecule has 0 saturated carbocycles. The number of rotatable bonds is 3. The Balaban J connectivity index is 2.06. The average Bonchev–Trinajstić information content (AvgIpc) is 2.69. The Bertz CT molecular complexity index is 343. The molecule has 0 aromatic heterocycles. The number of piperazine rings is 1. The first-order valence-corrected chi connectivity index (χ1v) is 6.74. The lowest BCUT2D eigenvalue weighted by molar-refractivity contribution is -0.148. The van der Waals surface area contributed by atoms with Gasteiger partial charge in [-0.05, 0) is 31.8 Å². The molecule has 18 heavy (non-hydrogen) atoms. The van der Waals surface area contributed by atoms with Gasteiger partial charge in [-0.25, -0.2) is 0 Å². The van der Waals surface area contributed by atoms with E-state index in [1.807, 2.05) is 13.8 Å². The van der Waals surface area contributed by atoms with Gasteiger partial charge in [-0.3, -0.25) is 9.59 Å². The van der Waals surface area contributed by atoms with Crippen molar-refractivity contribution in [2.45, 2.75) is 26.3 Å². The first kappa shape index (κ1) is 13.3. The van der Waals surface area contributed by atoms with Crippen molar-refractivity contribution < 1.29 is 9.59 Å². The third-order valence-electron chi connectivity index (χ3n) is 3.91. The molecule has 0 bridgehead atoms. The number of hydrogen-bond donors (Lipinski definition) is 1. The third kappa shape index (κ3) is 2.66. The molecule has 2 fully saturated rings. The fraction of sp³-hybridized carbons (Fsp3) is 0.846. The summed E-state index contributed by atoms with van der Waals surface area (Å²) in [6.45, 7) is 6.98. The first-order valence-electron chi connectivity index (χ1n) is 6.74. The Morgan fingerprint density at radius 1 is 1.39 bits per heavy atom. The van der Waals surface area contributed by atoms with Crippen LogP contribution in [0.1, 0.15) is 20.3 Å². The highest BCUT2D eigenvalue weighted by Gasteiger charge is 2.38. The molecule has 5 heteroatoms. The Kier molecular flexibility index (Phi) is 3.90. The van der Waals surface area contributed by atoms with Crippen LogP contribution in [0.25, 0.3) is 0 Å². The average molecular weight is 253 g/mol. The molecule has 2 aliphatic heterocycles. The van der Waals surface area contributed by atoms with Crippen molar-refractivity contribution in [1.82, 2.24) is 15.1 Å². The van der Waals surface area contributed by atoms with Crippen LogP contribution in [0, 0.1) is 11.8 Å². The van der Waals surface area contributed by atoms with Gasteiger partial charge in [0, 0.05) is 13.1 Å². The molecular weight excluding hydrogens is 230 g/mol. The van der Waals surface area contributed by atoms with Gasteiger partial charge in [0.2, 0.25) is 11.8 Å². The quantitative estimate of drug-likeness (QED) is 0.765. The molecule has 0 spiro atoms. The van der Waals surface area contributed by atoms with E-state index >= 15 is 0 Å². The minimum atomic E-state index is -0.294. The molecule has 0 aromatic carbocycles. The Labute approximate surface area is 108 Å². The van der Waals surface area contributed by atoms with Crippen LogP contribution < -0.4 is 5.32 Å². The van der Waals surface area contributed by atoms with Crippen LogP contribution >= 0.6 is 0 Å². The van der Waals surface area contributed by atoms with Crippen LogP contribution in [0.5, 0.6) is 0 Å². The highest BCUT2D eigenvalue weighted by molar-refractivity contribution is 5.94. The van der Waals surface area contributed by atoms with Crippen molar-refractivity contribution >= 4 is 11.8 Å². The second-order valence-electron chi connectivity index (χ2n) is 5.87. The molecule has 0 radical (unpaired) electrons. The number of carbonyl (C=O) groups is 2. The summed E-state index contributed by atoms with van der Waals surface area (Å²) < 4.78 is 0. The van der Waals surface area contributed by atoms with E-state index in [0.29, 0.717) is 5.92 Å². The van der Waals surface area contributed by atoms with E-state index in [4.69, 9.17) is 0 Å². The monoisotopic (exact) mass is 253 g/mol. The minimum absolute atomic E-state index is 0.00375. The highest BCUT2D eigenvalue weighted by Crippen LogP contribution is 2.21. The smallest absolute Gasteiger partial charge is 0.243 e. The normalized spacial score (nSPS) is 30.1. The summed E-state index contributed by atoms with van der Waals surface area (Å²) in [5, 5.41) is 2.69. The van der Waals surface area contributed by atoms with Gasteiger partial charge in [0.15, 0.2) is 0 Å². The van der Waals surface area contributed by atoms with Crippen LogP contribution in [0.3, 0.4) is 0 Å². The highest BCUT2D eigenvalue weighted by atomic mass is 16.2. The molecule has 0 aliphatic carbocycles. The van der Waals surface area contributed by atoms with E-state index in [2.05, 4.69) is 17.3 Å². The van der Waals surface area contributed by atoms with Crippen molar-refractivity contribution in [2.24, 2.45) is 11.8 Å². The zero-order valence-electron chi connectivity index (χ0n) is 11.5.